The van der Waals surface area contributed by atoms with E-state index in [1.807, 2.05) is 30.3 Å². The number of anilines is 2. The van der Waals surface area contributed by atoms with Gasteiger partial charge in [0.1, 0.15) is 0 Å². The summed E-state index contributed by atoms with van der Waals surface area (Å²) in [7, 11) is -3.82. The Morgan fingerprint density at radius 1 is 0.879 bits per heavy atom. The maximum Gasteiger partial charge on any atom is 0.261 e. The summed E-state index contributed by atoms with van der Waals surface area (Å²) in [6.07, 6.45) is 3.21. The molecule has 0 radical (unpaired) electrons. The summed E-state index contributed by atoms with van der Waals surface area (Å²) in [5.74, 6) is 0. The van der Waals surface area contributed by atoms with E-state index in [0.29, 0.717) is 16.9 Å². The molecule has 0 unspecified atom stereocenters. The molecule has 10 heteroatoms. The molecule has 164 valence electrons. The number of aromatic nitrogens is 4. The van der Waals surface area contributed by atoms with Crippen LogP contribution < -0.4 is 10.5 Å². The van der Waals surface area contributed by atoms with Gasteiger partial charge in [-0.1, -0.05) is 41.9 Å². The molecule has 0 fully saturated rings. The summed E-state index contributed by atoms with van der Waals surface area (Å²) in [5, 5.41) is 8.11. The lowest BCUT2D eigenvalue weighted by Crippen LogP contribution is -2.13. The number of hydrogen-bond donors (Lipinski definition) is 3. The fourth-order valence-corrected chi connectivity index (χ4v) is 4.74. The van der Waals surface area contributed by atoms with Gasteiger partial charge in [0.25, 0.3) is 10.0 Å². The molecule has 3 aromatic heterocycles. The third-order valence-electron chi connectivity index (χ3n) is 5.06. The van der Waals surface area contributed by atoms with Gasteiger partial charge in [-0.25, -0.2) is 18.4 Å². The number of H-pyrrole nitrogens is 1. The lowest BCUT2D eigenvalue weighted by Gasteiger charge is -2.11. The monoisotopic (exact) mass is 476 g/mol. The van der Waals surface area contributed by atoms with Crippen LogP contribution in [-0.2, 0) is 10.0 Å². The van der Waals surface area contributed by atoms with Crippen LogP contribution in [0.25, 0.3) is 33.4 Å². The molecule has 0 bridgehead atoms. The van der Waals surface area contributed by atoms with E-state index in [1.165, 1.54) is 12.1 Å². The molecule has 33 heavy (non-hydrogen) atoms. The fourth-order valence-electron chi connectivity index (χ4n) is 3.45. The number of aromatic amines is 1. The van der Waals surface area contributed by atoms with Gasteiger partial charge in [-0.15, -0.1) is 0 Å². The van der Waals surface area contributed by atoms with Crippen LogP contribution >= 0.6 is 11.6 Å². The summed E-state index contributed by atoms with van der Waals surface area (Å²) in [6.45, 7) is 0. The first-order valence-corrected chi connectivity index (χ1v) is 11.7. The second-order valence-corrected chi connectivity index (χ2v) is 9.34. The van der Waals surface area contributed by atoms with Crippen molar-refractivity contribution in [1.82, 2.24) is 20.2 Å². The van der Waals surface area contributed by atoms with Crippen LogP contribution in [0.1, 0.15) is 0 Å². The van der Waals surface area contributed by atoms with Gasteiger partial charge in [-0.2, -0.15) is 5.10 Å². The van der Waals surface area contributed by atoms with E-state index in [9.17, 15) is 8.42 Å². The van der Waals surface area contributed by atoms with E-state index in [0.717, 1.165) is 22.2 Å². The molecule has 0 aliphatic carbocycles. The third-order valence-corrected chi connectivity index (χ3v) is 6.74. The number of benzene rings is 2. The number of nitrogens with one attached hydrogen (secondary N) is 2. The molecule has 0 saturated heterocycles. The molecule has 4 N–H and O–H groups in total. The second kappa shape index (κ2) is 8.19. The first kappa shape index (κ1) is 20.9. The van der Waals surface area contributed by atoms with E-state index >= 15 is 0 Å². The van der Waals surface area contributed by atoms with Gasteiger partial charge in [0.05, 0.1) is 16.3 Å². The lowest BCUT2D eigenvalue weighted by molar-refractivity contribution is 0.601. The number of hydrogen-bond acceptors (Lipinski definition) is 6. The Labute approximate surface area is 194 Å². The standard InChI is InChI=1S/C23H17ClN6O2S/c24-22-20(30-33(31,32)18-7-2-1-3-8-18)11-16(12-26-22)15-10-19-21(28-29-23(19)27-13-15)14-5-4-6-17(25)9-14/h1-13,30H,25H2,(H,27,28,29). The minimum atomic E-state index is -3.82. The average molecular weight is 477 g/mol. The number of nitrogens with two attached hydrogens (primary N) is 1. The molecule has 5 rings (SSSR count). The van der Waals surface area contributed by atoms with Crippen molar-refractivity contribution in [3.8, 4) is 22.4 Å². The van der Waals surface area contributed by atoms with Gasteiger partial charge >= 0.3 is 0 Å². The van der Waals surface area contributed by atoms with Crippen molar-refractivity contribution in [1.29, 1.82) is 0 Å². The van der Waals surface area contributed by atoms with Gasteiger partial charge in [0.15, 0.2) is 10.8 Å². The zero-order valence-corrected chi connectivity index (χ0v) is 18.6. The number of halogens is 1. The maximum atomic E-state index is 12.7. The Morgan fingerprint density at radius 3 is 2.42 bits per heavy atom. The molecule has 5 aromatic rings. The average Bonchev–Trinajstić information content (AvgIpc) is 3.24. The smallest absolute Gasteiger partial charge is 0.261 e. The third kappa shape index (κ3) is 4.11. The highest BCUT2D eigenvalue weighted by Gasteiger charge is 2.17. The summed E-state index contributed by atoms with van der Waals surface area (Å²) in [6, 6.07) is 19.0. The van der Waals surface area contributed by atoms with Crippen LogP contribution in [0.3, 0.4) is 0 Å². The molecular weight excluding hydrogens is 460 g/mol. The SMILES string of the molecule is Nc1cccc(-c2[nH]nc3ncc(-c4cnc(Cl)c(NS(=O)(=O)c5ccccc5)c4)cc23)c1. The van der Waals surface area contributed by atoms with Crippen LogP contribution in [0.5, 0.6) is 0 Å². The normalized spacial score (nSPS) is 11.5. The topological polar surface area (TPSA) is 127 Å². The predicted molar refractivity (Wildman–Crippen MR) is 129 cm³/mol. The van der Waals surface area contributed by atoms with Crippen molar-refractivity contribution in [3.63, 3.8) is 0 Å². The Hall–Kier alpha value is -3.95. The highest BCUT2D eigenvalue weighted by atomic mass is 35.5. The van der Waals surface area contributed by atoms with Crippen LogP contribution in [0.4, 0.5) is 11.4 Å². The van der Waals surface area contributed by atoms with E-state index in [4.69, 9.17) is 17.3 Å². The van der Waals surface area contributed by atoms with E-state index in [-0.39, 0.29) is 15.7 Å². The summed E-state index contributed by atoms with van der Waals surface area (Å²) in [4.78, 5) is 8.72. The number of nitrogen functional groups attached to an aromatic ring is 1. The molecule has 2 aromatic carbocycles. The number of pyridine rings is 2. The molecule has 0 amide bonds. The Kier molecular flexibility index (Phi) is 5.20. The van der Waals surface area contributed by atoms with Gasteiger partial charge < -0.3 is 5.73 Å². The van der Waals surface area contributed by atoms with Crippen LogP contribution in [-0.4, -0.2) is 28.6 Å². The lowest BCUT2D eigenvalue weighted by atomic mass is 10.0. The quantitative estimate of drug-likeness (QED) is 0.249. The van der Waals surface area contributed by atoms with Crippen molar-refractivity contribution >= 4 is 44.0 Å². The number of sulfonamides is 1. The van der Waals surface area contributed by atoms with Crippen molar-refractivity contribution in [3.05, 3.63) is 84.3 Å². The number of rotatable bonds is 5. The highest BCUT2D eigenvalue weighted by molar-refractivity contribution is 7.92. The van der Waals surface area contributed by atoms with Crippen LogP contribution in [0, 0.1) is 0 Å². The van der Waals surface area contributed by atoms with Crippen molar-refractivity contribution in [2.24, 2.45) is 0 Å². The predicted octanol–water partition coefficient (Wildman–Crippen LogP) is 4.72. The van der Waals surface area contributed by atoms with Crippen LogP contribution in [0.15, 0.2) is 84.0 Å². The zero-order valence-electron chi connectivity index (χ0n) is 17.0. The molecule has 0 aliphatic heterocycles. The molecular formula is C23H17ClN6O2S. The maximum absolute atomic E-state index is 12.7. The Bertz CT molecular complexity index is 1590. The molecule has 8 nitrogen and oxygen atoms in total. The molecule has 0 aliphatic rings. The van der Waals surface area contributed by atoms with Crippen LogP contribution in [0.2, 0.25) is 5.15 Å². The minimum absolute atomic E-state index is 0.0380. The summed E-state index contributed by atoms with van der Waals surface area (Å²) < 4.78 is 28.0. The Morgan fingerprint density at radius 2 is 1.64 bits per heavy atom. The highest BCUT2D eigenvalue weighted by Crippen LogP contribution is 2.32. The van der Waals surface area contributed by atoms with Crippen molar-refractivity contribution in [2.45, 2.75) is 4.90 Å². The number of fused-ring (bicyclic) bond motifs is 1. The van der Waals surface area contributed by atoms with E-state index in [1.54, 1.807) is 36.7 Å². The van der Waals surface area contributed by atoms with Gasteiger partial charge in [-0.05, 0) is 36.4 Å². The minimum Gasteiger partial charge on any atom is -0.399 e. The largest absolute Gasteiger partial charge is 0.399 e. The van der Waals surface area contributed by atoms with Gasteiger partial charge in [-0.3, -0.25) is 9.82 Å². The van der Waals surface area contributed by atoms with Gasteiger partial charge in [0, 0.05) is 40.2 Å². The van der Waals surface area contributed by atoms with E-state index in [2.05, 4.69) is 24.9 Å². The Balaban J connectivity index is 1.55. The molecule has 0 saturated carbocycles. The summed E-state index contributed by atoms with van der Waals surface area (Å²) in [5.41, 5.74) is 10.3. The molecule has 0 atom stereocenters. The molecule has 0 spiro atoms. The first-order valence-electron chi connectivity index (χ1n) is 9.84. The first-order chi connectivity index (χ1) is 15.9. The summed E-state index contributed by atoms with van der Waals surface area (Å²) >= 11 is 6.19. The fraction of sp³-hybridized carbons (Fsp3) is 0. The van der Waals surface area contributed by atoms with Gasteiger partial charge in [0.2, 0.25) is 0 Å². The number of nitrogens with zero attached hydrogens (tertiary/aromatic N) is 3. The second-order valence-electron chi connectivity index (χ2n) is 7.30. The molecule has 3 heterocycles. The van der Waals surface area contributed by atoms with Crippen molar-refractivity contribution < 1.29 is 8.42 Å². The zero-order chi connectivity index (χ0) is 23.0. The van der Waals surface area contributed by atoms with E-state index < -0.39 is 10.0 Å². The van der Waals surface area contributed by atoms with Crippen molar-refractivity contribution in [2.75, 3.05) is 10.5 Å².